The fraction of sp³-hybridized carbons (Fsp3) is 0.308. The maximum atomic E-state index is 13.7. The number of hydrogen-bond acceptors (Lipinski definition) is 2. The highest BCUT2D eigenvalue weighted by Gasteiger charge is 2.15. The molecular weight excluding hydrogens is 240 g/mol. The van der Waals surface area contributed by atoms with E-state index in [9.17, 15) is 8.78 Å². The van der Waals surface area contributed by atoms with E-state index in [4.69, 9.17) is 0 Å². The molecule has 0 radical (unpaired) electrons. The summed E-state index contributed by atoms with van der Waals surface area (Å²) < 4.78 is 26.5. The third kappa shape index (κ3) is 2.36. The van der Waals surface area contributed by atoms with Crippen molar-refractivity contribution >= 4 is 11.3 Å². The molecule has 17 heavy (non-hydrogen) atoms. The van der Waals surface area contributed by atoms with Gasteiger partial charge in [-0.2, -0.15) is 0 Å². The molecule has 1 nitrogen and oxygen atoms in total. The average molecular weight is 253 g/mol. The summed E-state index contributed by atoms with van der Waals surface area (Å²) in [4.78, 5) is 5.38. The van der Waals surface area contributed by atoms with Gasteiger partial charge in [0.1, 0.15) is 11.6 Å². The van der Waals surface area contributed by atoms with E-state index in [0.29, 0.717) is 17.2 Å². The van der Waals surface area contributed by atoms with E-state index < -0.39 is 11.6 Å². The lowest BCUT2D eigenvalue weighted by Gasteiger charge is -2.01. The summed E-state index contributed by atoms with van der Waals surface area (Å²) >= 11 is 1.56. The minimum absolute atomic E-state index is 0.316. The Hall–Kier alpha value is -1.29. The van der Waals surface area contributed by atoms with Gasteiger partial charge in [-0.15, -0.1) is 11.3 Å². The van der Waals surface area contributed by atoms with Crippen LogP contribution < -0.4 is 0 Å². The van der Waals surface area contributed by atoms with Gasteiger partial charge in [0.15, 0.2) is 0 Å². The second-order valence-corrected chi connectivity index (χ2v) is 5.47. The number of thiazole rings is 1. The molecule has 0 atom stereocenters. The molecule has 1 heterocycles. The largest absolute Gasteiger partial charge is 0.241 e. The van der Waals surface area contributed by atoms with Crippen molar-refractivity contribution in [2.24, 2.45) is 0 Å². The molecule has 4 heteroatoms. The predicted octanol–water partition coefficient (Wildman–Crippen LogP) is 4.52. The summed E-state index contributed by atoms with van der Waals surface area (Å²) in [6.07, 6.45) is 0. The van der Waals surface area contributed by atoms with Crippen molar-refractivity contribution in [1.29, 1.82) is 0 Å². The van der Waals surface area contributed by atoms with Crippen LogP contribution >= 0.6 is 11.3 Å². The number of aryl methyl sites for hydroxylation is 1. The molecule has 2 aromatic rings. The van der Waals surface area contributed by atoms with E-state index in [-0.39, 0.29) is 0 Å². The zero-order valence-electron chi connectivity index (χ0n) is 9.92. The first-order valence-electron chi connectivity index (χ1n) is 5.41. The second kappa shape index (κ2) is 4.53. The number of nitrogens with zero attached hydrogens (tertiary/aromatic N) is 1. The highest BCUT2D eigenvalue weighted by molar-refractivity contribution is 7.12. The number of aromatic nitrogens is 1. The van der Waals surface area contributed by atoms with Crippen molar-refractivity contribution in [3.63, 3.8) is 0 Å². The first kappa shape index (κ1) is 12.2. The molecule has 0 saturated heterocycles. The van der Waals surface area contributed by atoms with E-state index in [1.807, 2.05) is 20.8 Å². The number of benzene rings is 1. The van der Waals surface area contributed by atoms with Crippen LogP contribution in [0, 0.1) is 18.6 Å². The van der Waals surface area contributed by atoms with Gasteiger partial charge in [-0.25, -0.2) is 13.8 Å². The van der Waals surface area contributed by atoms with Gasteiger partial charge in [0.25, 0.3) is 0 Å². The van der Waals surface area contributed by atoms with Crippen molar-refractivity contribution in [1.82, 2.24) is 4.98 Å². The third-order valence-corrected chi connectivity index (χ3v) is 3.76. The highest BCUT2D eigenvalue weighted by Crippen LogP contribution is 2.32. The van der Waals surface area contributed by atoms with Gasteiger partial charge in [0.05, 0.1) is 10.7 Å². The Morgan fingerprint density at radius 2 is 1.94 bits per heavy atom. The standard InChI is InChI=1S/C13H13F2NS/c1-7(2)13-16-12(8(3)17-13)10-5-4-9(14)6-11(10)15/h4-7H,1-3H3. The molecule has 0 unspecified atom stereocenters. The summed E-state index contributed by atoms with van der Waals surface area (Å²) in [6.45, 7) is 5.99. The molecule has 0 saturated carbocycles. The molecule has 0 spiro atoms. The summed E-state index contributed by atoms with van der Waals surface area (Å²) in [5.74, 6) is -0.812. The average Bonchev–Trinajstić information content (AvgIpc) is 2.61. The quantitative estimate of drug-likeness (QED) is 0.766. The summed E-state index contributed by atoms with van der Waals surface area (Å²) in [6, 6.07) is 3.59. The van der Waals surface area contributed by atoms with E-state index in [0.717, 1.165) is 16.0 Å². The van der Waals surface area contributed by atoms with Crippen LogP contribution in [0.3, 0.4) is 0 Å². The smallest absolute Gasteiger partial charge is 0.135 e. The van der Waals surface area contributed by atoms with Gasteiger partial charge in [0, 0.05) is 22.4 Å². The lowest BCUT2D eigenvalue weighted by Crippen LogP contribution is -1.90. The van der Waals surface area contributed by atoms with Crippen LogP contribution in [0.2, 0.25) is 0 Å². The van der Waals surface area contributed by atoms with E-state index >= 15 is 0 Å². The molecule has 0 amide bonds. The SMILES string of the molecule is Cc1sc(C(C)C)nc1-c1ccc(F)cc1F. The van der Waals surface area contributed by atoms with Gasteiger partial charge in [-0.3, -0.25) is 0 Å². The molecule has 0 N–H and O–H groups in total. The number of hydrogen-bond donors (Lipinski definition) is 0. The van der Waals surface area contributed by atoms with Crippen LogP contribution in [-0.2, 0) is 0 Å². The molecule has 1 aromatic carbocycles. The fourth-order valence-corrected chi connectivity index (χ4v) is 2.53. The Kier molecular flexibility index (Phi) is 3.24. The van der Waals surface area contributed by atoms with Crippen LogP contribution in [0.5, 0.6) is 0 Å². The molecule has 1 aromatic heterocycles. The van der Waals surface area contributed by atoms with Crippen molar-refractivity contribution in [3.05, 3.63) is 39.7 Å². The molecule has 2 rings (SSSR count). The summed E-state index contributed by atoms with van der Waals surface area (Å²) in [5, 5.41) is 0.973. The zero-order valence-corrected chi connectivity index (χ0v) is 10.7. The first-order valence-corrected chi connectivity index (χ1v) is 6.23. The minimum Gasteiger partial charge on any atom is -0.241 e. The molecule has 0 fully saturated rings. The van der Waals surface area contributed by atoms with Crippen LogP contribution in [0.15, 0.2) is 18.2 Å². The van der Waals surface area contributed by atoms with E-state index in [1.165, 1.54) is 12.1 Å². The number of halogens is 2. The maximum absolute atomic E-state index is 13.7. The van der Waals surface area contributed by atoms with Crippen LogP contribution in [-0.4, -0.2) is 4.98 Å². The van der Waals surface area contributed by atoms with Gasteiger partial charge in [0.2, 0.25) is 0 Å². The Balaban J connectivity index is 2.52. The van der Waals surface area contributed by atoms with Crippen LogP contribution in [0.25, 0.3) is 11.3 Å². The summed E-state index contributed by atoms with van der Waals surface area (Å²) in [5.41, 5.74) is 0.989. The Labute approximate surface area is 103 Å². The second-order valence-electron chi connectivity index (χ2n) is 4.24. The lowest BCUT2D eigenvalue weighted by molar-refractivity contribution is 0.585. The highest BCUT2D eigenvalue weighted by atomic mass is 32.1. The Morgan fingerprint density at radius 3 is 2.47 bits per heavy atom. The normalized spacial score (nSPS) is 11.2. The molecule has 0 aliphatic carbocycles. The topological polar surface area (TPSA) is 12.9 Å². The van der Waals surface area contributed by atoms with Gasteiger partial charge in [-0.05, 0) is 19.1 Å². The predicted molar refractivity (Wildman–Crippen MR) is 66.3 cm³/mol. The number of rotatable bonds is 2. The Morgan fingerprint density at radius 1 is 1.24 bits per heavy atom. The third-order valence-electron chi connectivity index (χ3n) is 2.49. The van der Waals surface area contributed by atoms with E-state index in [1.54, 1.807) is 11.3 Å². The maximum Gasteiger partial charge on any atom is 0.135 e. The minimum atomic E-state index is -0.566. The van der Waals surface area contributed by atoms with Crippen molar-refractivity contribution in [3.8, 4) is 11.3 Å². The van der Waals surface area contributed by atoms with Crippen molar-refractivity contribution in [2.45, 2.75) is 26.7 Å². The van der Waals surface area contributed by atoms with Crippen LogP contribution in [0.4, 0.5) is 8.78 Å². The summed E-state index contributed by atoms with van der Waals surface area (Å²) in [7, 11) is 0. The van der Waals surface area contributed by atoms with Gasteiger partial charge < -0.3 is 0 Å². The fourth-order valence-electron chi connectivity index (χ4n) is 1.60. The molecular formula is C13H13F2NS. The lowest BCUT2D eigenvalue weighted by atomic mass is 10.1. The molecule has 0 aliphatic heterocycles. The van der Waals surface area contributed by atoms with Crippen molar-refractivity contribution in [2.75, 3.05) is 0 Å². The first-order chi connectivity index (χ1) is 7.99. The molecule has 0 aliphatic rings. The van der Waals surface area contributed by atoms with E-state index in [2.05, 4.69) is 4.98 Å². The zero-order chi connectivity index (χ0) is 12.6. The van der Waals surface area contributed by atoms with Gasteiger partial charge in [-0.1, -0.05) is 13.8 Å². The molecule has 0 bridgehead atoms. The van der Waals surface area contributed by atoms with Crippen LogP contribution in [0.1, 0.15) is 29.7 Å². The monoisotopic (exact) mass is 253 g/mol. The van der Waals surface area contributed by atoms with Crippen molar-refractivity contribution < 1.29 is 8.78 Å². The van der Waals surface area contributed by atoms with Gasteiger partial charge >= 0.3 is 0 Å². The molecule has 90 valence electrons. The Bertz CT molecular complexity index is 546.